The Balaban J connectivity index is 3.64. The first kappa shape index (κ1) is 13.3. The van der Waals surface area contributed by atoms with Crippen LogP contribution in [0, 0.1) is 0 Å². The van der Waals surface area contributed by atoms with Crippen molar-refractivity contribution >= 4 is 21.4 Å². The van der Waals surface area contributed by atoms with Crippen LogP contribution in [0.3, 0.4) is 0 Å². The molecule has 1 aromatic rings. The summed E-state index contributed by atoms with van der Waals surface area (Å²) in [7, 11) is -3.58. The second-order valence-electron chi connectivity index (χ2n) is 3.70. The van der Waals surface area contributed by atoms with Crippen molar-refractivity contribution in [3.05, 3.63) is 27.6 Å². The van der Waals surface area contributed by atoms with Gasteiger partial charge in [0.05, 0.1) is 10.8 Å². The van der Waals surface area contributed by atoms with Crippen LogP contribution in [0.1, 0.15) is 26.8 Å². The summed E-state index contributed by atoms with van der Waals surface area (Å²) in [5.74, 6) is -0.135. The van der Waals surface area contributed by atoms with Gasteiger partial charge < -0.3 is 4.57 Å². The van der Waals surface area contributed by atoms with Crippen molar-refractivity contribution in [2.24, 2.45) is 0 Å². The quantitative estimate of drug-likeness (QED) is 0.837. The van der Waals surface area contributed by atoms with Crippen LogP contribution in [0.25, 0.3) is 0 Å². The number of nitrogens with zero attached hydrogens (tertiary/aromatic N) is 1. The Labute approximate surface area is 99.8 Å². The van der Waals surface area contributed by atoms with Gasteiger partial charge in [-0.15, -0.1) is 0 Å². The number of sulfone groups is 1. The molecule has 1 aromatic heterocycles. The van der Waals surface area contributed by atoms with Gasteiger partial charge >= 0.3 is 0 Å². The summed E-state index contributed by atoms with van der Waals surface area (Å²) >= 11 is 5.78. The van der Waals surface area contributed by atoms with Gasteiger partial charge in [-0.25, -0.2) is 8.42 Å². The summed E-state index contributed by atoms with van der Waals surface area (Å²) in [5, 5.41) is -0.0104. The van der Waals surface area contributed by atoms with E-state index in [1.165, 1.54) is 23.8 Å². The van der Waals surface area contributed by atoms with E-state index in [4.69, 9.17) is 11.6 Å². The number of hydrogen-bond acceptors (Lipinski definition) is 3. The minimum Gasteiger partial charge on any atom is -0.312 e. The van der Waals surface area contributed by atoms with E-state index in [-0.39, 0.29) is 21.7 Å². The molecule has 0 atom stereocenters. The van der Waals surface area contributed by atoms with Crippen molar-refractivity contribution in [1.29, 1.82) is 0 Å². The molecule has 0 bridgehead atoms. The molecule has 0 unspecified atom stereocenters. The van der Waals surface area contributed by atoms with Gasteiger partial charge in [0.1, 0.15) is 0 Å². The minimum atomic E-state index is -3.58. The van der Waals surface area contributed by atoms with Gasteiger partial charge in [0.2, 0.25) is 0 Å². The van der Waals surface area contributed by atoms with E-state index in [1.54, 1.807) is 13.8 Å². The first-order valence-electron chi connectivity index (χ1n) is 4.94. The van der Waals surface area contributed by atoms with Gasteiger partial charge in [0.25, 0.3) is 5.56 Å². The third kappa shape index (κ3) is 2.30. The normalized spacial score (nSPS) is 12.1. The third-order valence-electron chi connectivity index (χ3n) is 2.27. The molecule has 90 valence electrons. The lowest BCUT2D eigenvalue weighted by molar-refractivity contribution is 0.560. The Morgan fingerprint density at radius 1 is 1.44 bits per heavy atom. The summed E-state index contributed by atoms with van der Waals surface area (Å²) < 4.78 is 24.8. The zero-order valence-electron chi connectivity index (χ0n) is 9.40. The number of rotatable bonds is 3. The molecule has 4 nitrogen and oxygen atoms in total. The lowest BCUT2D eigenvalue weighted by atomic mass is 10.3. The highest BCUT2D eigenvalue weighted by atomic mass is 35.5. The average Bonchev–Trinajstić information content (AvgIpc) is 2.16. The van der Waals surface area contributed by atoms with E-state index >= 15 is 0 Å². The van der Waals surface area contributed by atoms with Crippen LogP contribution in [-0.4, -0.2) is 18.7 Å². The van der Waals surface area contributed by atoms with Crippen molar-refractivity contribution < 1.29 is 8.42 Å². The molecule has 0 saturated heterocycles. The number of pyridine rings is 1. The Morgan fingerprint density at radius 3 is 2.44 bits per heavy atom. The van der Waals surface area contributed by atoms with Crippen LogP contribution in [0.2, 0.25) is 5.02 Å². The Bertz CT molecular complexity index is 546. The fraction of sp³-hybridized carbons (Fsp3) is 0.500. The number of halogens is 1. The predicted molar refractivity (Wildman–Crippen MR) is 63.8 cm³/mol. The van der Waals surface area contributed by atoms with Gasteiger partial charge in [-0.3, -0.25) is 4.79 Å². The van der Waals surface area contributed by atoms with Crippen LogP contribution in [-0.2, 0) is 9.84 Å². The highest BCUT2D eigenvalue weighted by molar-refractivity contribution is 7.91. The first-order valence-corrected chi connectivity index (χ1v) is 6.97. The van der Waals surface area contributed by atoms with Gasteiger partial charge in [-0.05, 0) is 19.9 Å². The van der Waals surface area contributed by atoms with Crippen LogP contribution in [0.5, 0.6) is 0 Å². The topological polar surface area (TPSA) is 56.1 Å². The molecule has 0 fully saturated rings. The zero-order valence-corrected chi connectivity index (χ0v) is 11.0. The highest BCUT2D eigenvalue weighted by Crippen LogP contribution is 2.18. The van der Waals surface area contributed by atoms with E-state index in [0.717, 1.165) is 0 Å². The molecule has 0 radical (unpaired) electrons. The van der Waals surface area contributed by atoms with Crippen molar-refractivity contribution in [2.75, 3.05) is 5.75 Å². The zero-order chi connectivity index (χ0) is 12.5. The lowest BCUT2D eigenvalue weighted by Gasteiger charge is -2.12. The molecule has 1 rings (SSSR count). The van der Waals surface area contributed by atoms with Gasteiger partial charge in [0, 0.05) is 12.2 Å². The summed E-state index contributed by atoms with van der Waals surface area (Å²) in [4.78, 5) is 11.6. The van der Waals surface area contributed by atoms with E-state index in [0.29, 0.717) is 0 Å². The van der Waals surface area contributed by atoms with Crippen molar-refractivity contribution in [3.63, 3.8) is 0 Å². The Morgan fingerprint density at radius 2 is 2.00 bits per heavy atom. The number of aromatic nitrogens is 1. The van der Waals surface area contributed by atoms with E-state index < -0.39 is 15.4 Å². The third-order valence-corrected chi connectivity index (χ3v) is 4.48. The van der Waals surface area contributed by atoms with E-state index in [1.807, 2.05) is 0 Å². The minimum absolute atomic E-state index is 0.0104. The maximum Gasteiger partial charge on any atom is 0.271 e. The molecule has 0 aliphatic carbocycles. The largest absolute Gasteiger partial charge is 0.312 e. The average molecular weight is 264 g/mol. The summed E-state index contributed by atoms with van der Waals surface area (Å²) in [5.41, 5.74) is -0.552. The van der Waals surface area contributed by atoms with Crippen LogP contribution in [0.15, 0.2) is 22.0 Å². The van der Waals surface area contributed by atoms with E-state index in [9.17, 15) is 13.2 Å². The molecule has 0 spiro atoms. The fourth-order valence-electron chi connectivity index (χ4n) is 1.34. The monoisotopic (exact) mass is 263 g/mol. The van der Waals surface area contributed by atoms with E-state index in [2.05, 4.69) is 0 Å². The standard InChI is InChI=1S/C10H14ClNO3S/c1-4-16(14,15)9-8(11)5-6-12(7(2)3)10(9)13/h5-7H,4H2,1-3H3. The SMILES string of the molecule is CCS(=O)(=O)c1c(Cl)ccn(C(C)C)c1=O. The number of hydrogen-bond donors (Lipinski definition) is 0. The molecular formula is C10H14ClNO3S. The Kier molecular flexibility index (Phi) is 3.80. The maximum absolute atomic E-state index is 11.9. The molecule has 16 heavy (non-hydrogen) atoms. The second kappa shape index (κ2) is 4.59. The Hall–Kier alpha value is -0.810. The van der Waals surface area contributed by atoms with Crippen molar-refractivity contribution in [1.82, 2.24) is 4.57 Å². The van der Waals surface area contributed by atoms with Crippen LogP contribution >= 0.6 is 11.6 Å². The van der Waals surface area contributed by atoms with Crippen LogP contribution < -0.4 is 5.56 Å². The lowest BCUT2D eigenvalue weighted by Crippen LogP contribution is -2.27. The molecular weight excluding hydrogens is 250 g/mol. The molecule has 0 amide bonds. The summed E-state index contributed by atoms with van der Waals surface area (Å²) in [6.07, 6.45) is 1.50. The highest BCUT2D eigenvalue weighted by Gasteiger charge is 2.22. The van der Waals surface area contributed by atoms with Gasteiger partial charge in [0.15, 0.2) is 14.7 Å². The molecule has 0 N–H and O–H groups in total. The molecule has 1 heterocycles. The summed E-state index contributed by atoms with van der Waals surface area (Å²) in [6.45, 7) is 5.09. The van der Waals surface area contributed by atoms with Crippen molar-refractivity contribution in [3.8, 4) is 0 Å². The molecule has 0 aliphatic rings. The maximum atomic E-state index is 11.9. The molecule has 0 aliphatic heterocycles. The predicted octanol–water partition coefficient (Wildman–Crippen LogP) is 1.88. The molecule has 6 heteroatoms. The smallest absolute Gasteiger partial charge is 0.271 e. The first-order chi connectivity index (χ1) is 7.31. The fourth-order valence-corrected chi connectivity index (χ4v) is 2.86. The van der Waals surface area contributed by atoms with Crippen molar-refractivity contribution in [2.45, 2.75) is 31.7 Å². The molecule has 0 saturated carbocycles. The van der Waals surface area contributed by atoms with Crippen LogP contribution in [0.4, 0.5) is 0 Å². The second-order valence-corrected chi connectivity index (χ2v) is 6.32. The summed E-state index contributed by atoms with van der Waals surface area (Å²) in [6, 6.07) is 1.33. The van der Waals surface area contributed by atoms with Gasteiger partial charge in [-0.1, -0.05) is 18.5 Å². The molecule has 0 aromatic carbocycles. The van der Waals surface area contributed by atoms with Gasteiger partial charge in [-0.2, -0.15) is 0 Å².